The molecule has 6 heteroatoms. The van der Waals surface area contributed by atoms with Crippen molar-refractivity contribution < 1.29 is 4.79 Å². The molecule has 0 fully saturated rings. The van der Waals surface area contributed by atoms with E-state index < -0.39 is 0 Å². The van der Waals surface area contributed by atoms with Crippen LogP contribution in [0.5, 0.6) is 0 Å². The Bertz CT molecular complexity index is 923. The highest BCUT2D eigenvalue weighted by Crippen LogP contribution is 2.24. The molecule has 0 aliphatic heterocycles. The maximum Gasteiger partial charge on any atom is 0.245 e. The number of hydrogen-bond donors (Lipinski definition) is 2. The van der Waals surface area contributed by atoms with Gasteiger partial charge < -0.3 is 10.6 Å². The SMILES string of the molecule is Cc1ccc(NCC(=O)Nc2ncc(Cc3ccccc3Cl)s2)cc1C. The number of nitrogens with zero attached hydrogens (tertiary/aromatic N) is 1. The van der Waals surface area contributed by atoms with Gasteiger partial charge in [0.15, 0.2) is 5.13 Å². The lowest BCUT2D eigenvalue weighted by Crippen LogP contribution is -2.21. The molecule has 3 aromatic rings. The first-order chi connectivity index (χ1) is 12.5. The van der Waals surface area contributed by atoms with Gasteiger partial charge in [-0.3, -0.25) is 4.79 Å². The smallest absolute Gasteiger partial charge is 0.245 e. The molecule has 0 aliphatic rings. The number of amides is 1. The van der Waals surface area contributed by atoms with Gasteiger partial charge in [-0.15, -0.1) is 11.3 Å². The van der Waals surface area contributed by atoms with Crippen LogP contribution in [-0.4, -0.2) is 17.4 Å². The standard InChI is InChI=1S/C20H20ClN3OS/c1-13-7-8-16(9-14(13)2)22-12-19(25)24-20-23-11-17(26-20)10-15-5-3-4-6-18(15)21/h3-9,11,22H,10,12H2,1-2H3,(H,23,24,25). The van der Waals surface area contributed by atoms with Crippen LogP contribution in [0.2, 0.25) is 5.02 Å². The number of benzene rings is 2. The summed E-state index contributed by atoms with van der Waals surface area (Å²) in [7, 11) is 0. The molecule has 1 aromatic heterocycles. The van der Waals surface area contributed by atoms with Crippen molar-refractivity contribution in [3.8, 4) is 0 Å². The highest BCUT2D eigenvalue weighted by Gasteiger charge is 2.09. The van der Waals surface area contributed by atoms with Crippen molar-refractivity contribution in [3.63, 3.8) is 0 Å². The van der Waals surface area contributed by atoms with Gasteiger partial charge in [-0.2, -0.15) is 0 Å². The van der Waals surface area contributed by atoms with E-state index in [2.05, 4.69) is 29.5 Å². The monoisotopic (exact) mass is 385 g/mol. The third-order valence-corrected chi connectivity index (χ3v) is 5.36. The molecule has 4 nitrogen and oxygen atoms in total. The predicted octanol–water partition coefficient (Wildman–Crippen LogP) is 5.05. The Balaban J connectivity index is 1.54. The molecule has 2 N–H and O–H groups in total. The van der Waals surface area contributed by atoms with Crippen LogP contribution in [0.3, 0.4) is 0 Å². The van der Waals surface area contributed by atoms with Gasteiger partial charge in [-0.05, 0) is 48.7 Å². The van der Waals surface area contributed by atoms with Crippen molar-refractivity contribution in [2.24, 2.45) is 0 Å². The van der Waals surface area contributed by atoms with E-state index in [1.807, 2.05) is 42.5 Å². The fourth-order valence-electron chi connectivity index (χ4n) is 2.47. The molecule has 26 heavy (non-hydrogen) atoms. The quantitative estimate of drug-likeness (QED) is 0.623. The lowest BCUT2D eigenvalue weighted by molar-refractivity contribution is -0.114. The molecule has 0 spiro atoms. The van der Waals surface area contributed by atoms with E-state index in [1.165, 1.54) is 22.5 Å². The summed E-state index contributed by atoms with van der Waals surface area (Å²) in [6, 6.07) is 13.8. The second kappa shape index (κ2) is 8.34. The first kappa shape index (κ1) is 18.4. The number of aromatic nitrogens is 1. The fraction of sp³-hybridized carbons (Fsp3) is 0.200. The van der Waals surface area contributed by atoms with E-state index in [9.17, 15) is 4.79 Å². The molecule has 3 rings (SSSR count). The zero-order chi connectivity index (χ0) is 18.5. The van der Waals surface area contributed by atoms with Gasteiger partial charge in [0.05, 0.1) is 6.54 Å². The van der Waals surface area contributed by atoms with Crippen LogP contribution in [0.1, 0.15) is 21.6 Å². The molecule has 134 valence electrons. The summed E-state index contributed by atoms with van der Waals surface area (Å²) in [6.07, 6.45) is 2.48. The van der Waals surface area contributed by atoms with Crippen LogP contribution in [0.4, 0.5) is 10.8 Å². The molecule has 0 unspecified atom stereocenters. The van der Waals surface area contributed by atoms with Crippen LogP contribution in [-0.2, 0) is 11.2 Å². The minimum atomic E-state index is -0.123. The van der Waals surface area contributed by atoms with Crippen molar-refractivity contribution in [1.82, 2.24) is 4.98 Å². The van der Waals surface area contributed by atoms with E-state index in [1.54, 1.807) is 6.20 Å². The summed E-state index contributed by atoms with van der Waals surface area (Å²) in [5, 5.41) is 7.30. The molecule has 0 aliphatic carbocycles. The van der Waals surface area contributed by atoms with Gasteiger partial charge in [-0.25, -0.2) is 4.98 Å². The first-order valence-electron chi connectivity index (χ1n) is 8.30. The summed E-state index contributed by atoms with van der Waals surface area (Å²) in [5.41, 5.74) is 4.40. The Morgan fingerprint density at radius 1 is 1.15 bits per heavy atom. The third-order valence-electron chi connectivity index (χ3n) is 4.08. The van der Waals surface area contributed by atoms with Crippen LogP contribution in [0.25, 0.3) is 0 Å². The maximum absolute atomic E-state index is 12.1. The minimum absolute atomic E-state index is 0.123. The van der Waals surface area contributed by atoms with Crippen molar-refractivity contribution >= 4 is 39.7 Å². The zero-order valence-electron chi connectivity index (χ0n) is 14.7. The third kappa shape index (κ3) is 4.84. The molecular formula is C20H20ClN3OS. The highest BCUT2D eigenvalue weighted by atomic mass is 35.5. The van der Waals surface area contributed by atoms with Crippen LogP contribution < -0.4 is 10.6 Å². The normalized spacial score (nSPS) is 10.6. The number of thiazole rings is 1. The number of aryl methyl sites for hydroxylation is 2. The lowest BCUT2D eigenvalue weighted by atomic mass is 10.1. The summed E-state index contributed by atoms with van der Waals surface area (Å²) in [5.74, 6) is -0.123. The fourth-order valence-corrected chi connectivity index (χ4v) is 3.53. The number of hydrogen-bond acceptors (Lipinski definition) is 4. The Morgan fingerprint density at radius 3 is 2.73 bits per heavy atom. The van der Waals surface area contributed by atoms with E-state index in [0.29, 0.717) is 11.6 Å². The van der Waals surface area contributed by atoms with Crippen LogP contribution in [0.15, 0.2) is 48.7 Å². The van der Waals surface area contributed by atoms with Crippen LogP contribution >= 0.6 is 22.9 Å². The molecule has 0 bridgehead atoms. The maximum atomic E-state index is 12.1. The zero-order valence-corrected chi connectivity index (χ0v) is 16.2. The molecule has 1 amide bonds. The predicted molar refractivity (Wildman–Crippen MR) is 109 cm³/mol. The highest BCUT2D eigenvalue weighted by molar-refractivity contribution is 7.15. The number of anilines is 2. The van der Waals surface area contributed by atoms with E-state index >= 15 is 0 Å². The summed E-state index contributed by atoms with van der Waals surface area (Å²) in [4.78, 5) is 17.5. The largest absolute Gasteiger partial charge is 0.376 e. The molecule has 0 saturated carbocycles. The summed E-state index contributed by atoms with van der Waals surface area (Å²) < 4.78 is 0. The van der Waals surface area contributed by atoms with Crippen molar-refractivity contribution in [2.45, 2.75) is 20.3 Å². The molecule has 0 atom stereocenters. The second-order valence-corrected chi connectivity index (χ2v) is 7.62. The topological polar surface area (TPSA) is 54.0 Å². The van der Waals surface area contributed by atoms with Crippen molar-refractivity contribution in [3.05, 3.63) is 75.3 Å². The Kier molecular flexibility index (Phi) is 5.91. The lowest BCUT2D eigenvalue weighted by Gasteiger charge is -2.08. The Labute approximate surface area is 162 Å². The number of carbonyl (C=O) groups excluding carboxylic acids is 1. The Morgan fingerprint density at radius 2 is 1.96 bits per heavy atom. The van der Waals surface area contributed by atoms with E-state index in [4.69, 9.17) is 11.6 Å². The van der Waals surface area contributed by atoms with E-state index in [-0.39, 0.29) is 12.5 Å². The summed E-state index contributed by atoms with van der Waals surface area (Å²) in [6.45, 7) is 4.31. The number of carbonyl (C=O) groups is 1. The molecular weight excluding hydrogens is 366 g/mol. The van der Waals surface area contributed by atoms with E-state index in [0.717, 1.165) is 21.2 Å². The van der Waals surface area contributed by atoms with Gasteiger partial charge in [0.2, 0.25) is 5.91 Å². The van der Waals surface area contributed by atoms with Gasteiger partial charge in [0.1, 0.15) is 0 Å². The summed E-state index contributed by atoms with van der Waals surface area (Å²) >= 11 is 7.65. The van der Waals surface area contributed by atoms with Gasteiger partial charge in [0, 0.05) is 28.2 Å². The van der Waals surface area contributed by atoms with Crippen molar-refractivity contribution in [1.29, 1.82) is 0 Å². The number of halogens is 1. The molecule has 0 radical (unpaired) electrons. The van der Waals surface area contributed by atoms with Gasteiger partial charge >= 0.3 is 0 Å². The number of nitrogens with one attached hydrogen (secondary N) is 2. The van der Waals surface area contributed by atoms with Crippen LogP contribution in [0, 0.1) is 13.8 Å². The van der Waals surface area contributed by atoms with Crippen molar-refractivity contribution in [2.75, 3.05) is 17.2 Å². The van der Waals surface area contributed by atoms with Gasteiger partial charge in [-0.1, -0.05) is 35.9 Å². The first-order valence-corrected chi connectivity index (χ1v) is 9.50. The molecule has 0 saturated heterocycles. The molecule has 2 aromatic carbocycles. The van der Waals surface area contributed by atoms with Gasteiger partial charge in [0.25, 0.3) is 0 Å². The molecule has 1 heterocycles. The number of rotatable bonds is 6. The average molecular weight is 386 g/mol. The average Bonchev–Trinajstić information content (AvgIpc) is 3.05. The Hall–Kier alpha value is -2.37. The minimum Gasteiger partial charge on any atom is -0.376 e. The second-order valence-electron chi connectivity index (χ2n) is 6.10.